The molecule has 0 spiro atoms. The molecular weight excluding hydrogens is 396 g/mol. The van der Waals surface area contributed by atoms with E-state index < -0.39 is 0 Å². The number of thiazole rings is 1. The number of nitriles is 1. The molecule has 0 aliphatic carbocycles. The monoisotopic (exact) mass is 414 g/mol. The number of benzene rings is 1. The average Bonchev–Trinajstić information content (AvgIpc) is 3.33. The minimum Gasteiger partial charge on any atom is -0.365 e. The van der Waals surface area contributed by atoms with Gasteiger partial charge in [-0.05, 0) is 31.5 Å². The summed E-state index contributed by atoms with van der Waals surface area (Å²) in [6.07, 6.45) is 1.85. The highest BCUT2D eigenvalue weighted by atomic mass is 35.5. The van der Waals surface area contributed by atoms with Crippen LogP contribution in [0.2, 0.25) is 5.02 Å². The molecule has 0 saturated heterocycles. The van der Waals surface area contributed by atoms with E-state index in [0.717, 1.165) is 16.8 Å². The summed E-state index contributed by atoms with van der Waals surface area (Å²) in [7, 11) is 1.77. The molecule has 2 heterocycles. The number of carbonyl (C=O) groups is 1. The molecule has 3 rings (SSSR count). The molecule has 9 heteroatoms. The van der Waals surface area contributed by atoms with Crippen LogP contribution in [0.15, 0.2) is 29.8 Å². The Morgan fingerprint density at radius 1 is 1.43 bits per heavy atom. The van der Waals surface area contributed by atoms with Crippen LogP contribution in [0.25, 0.3) is 11.3 Å². The van der Waals surface area contributed by atoms with Crippen molar-refractivity contribution in [3.8, 4) is 17.3 Å². The number of anilines is 1. The number of aromatic nitrogens is 3. The molecule has 1 atom stereocenters. The lowest BCUT2D eigenvalue weighted by atomic mass is 10.0. The van der Waals surface area contributed by atoms with Crippen molar-refractivity contribution in [1.82, 2.24) is 20.1 Å². The Labute approximate surface area is 172 Å². The van der Waals surface area contributed by atoms with E-state index in [0.29, 0.717) is 28.0 Å². The van der Waals surface area contributed by atoms with E-state index in [1.807, 2.05) is 32.2 Å². The standard InChI is InChI=1S/C19H19ClN6OS/c1-11(23-18(27)16-10-28-19(22-3)24-16)9-26-7-6-15(25-26)14-5-4-13(8-21)17(20)12(14)2/h4-7,10-11H,9H2,1-3H3,(H,22,24)(H,23,27)/t11-/m0/s1. The molecule has 0 aliphatic rings. The van der Waals surface area contributed by atoms with Gasteiger partial charge in [0.1, 0.15) is 11.8 Å². The summed E-state index contributed by atoms with van der Waals surface area (Å²) in [5.74, 6) is -0.215. The highest BCUT2D eigenvalue weighted by Gasteiger charge is 2.15. The zero-order chi connectivity index (χ0) is 20.3. The van der Waals surface area contributed by atoms with E-state index in [-0.39, 0.29) is 11.9 Å². The van der Waals surface area contributed by atoms with Gasteiger partial charge in [0.15, 0.2) is 5.13 Å². The van der Waals surface area contributed by atoms with Gasteiger partial charge in [-0.3, -0.25) is 9.48 Å². The fraction of sp³-hybridized carbons (Fsp3) is 0.263. The van der Waals surface area contributed by atoms with E-state index in [1.165, 1.54) is 11.3 Å². The molecule has 3 aromatic rings. The molecular formula is C19H19ClN6OS. The predicted molar refractivity (Wildman–Crippen MR) is 111 cm³/mol. The van der Waals surface area contributed by atoms with Crippen molar-refractivity contribution in [2.24, 2.45) is 0 Å². The average molecular weight is 415 g/mol. The second-order valence-electron chi connectivity index (χ2n) is 6.30. The van der Waals surface area contributed by atoms with Gasteiger partial charge in [0.25, 0.3) is 5.91 Å². The van der Waals surface area contributed by atoms with Crippen LogP contribution in [0.4, 0.5) is 5.13 Å². The molecule has 7 nitrogen and oxygen atoms in total. The van der Waals surface area contributed by atoms with Crippen molar-refractivity contribution in [1.29, 1.82) is 5.26 Å². The molecule has 1 aromatic carbocycles. The van der Waals surface area contributed by atoms with Gasteiger partial charge in [-0.2, -0.15) is 10.4 Å². The number of rotatable bonds is 6. The van der Waals surface area contributed by atoms with Gasteiger partial charge in [0.05, 0.1) is 22.8 Å². The van der Waals surface area contributed by atoms with E-state index >= 15 is 0 Å². The number of hydrogen-bond donors (Lipinski definition) is 2. The third kappa shape index (κ3) is 4.16. The molecule has 0 fully saturated rings. The summed E-state index contributed by atoms with van der Waals surface area (Å²) in [5.41, 5.74) is 3.30. The molecule has 2 aromatic heterocycles. The van der Waals surface area contributed by atoms with Crippen molar-refractivity contribution in [2.75, 3.05) is 12.4 Å². The first kappa shape index (κ1) is 19.9. The lowest BCUT2D eigenvalue weighted by Gasteiger charge is -2.13. The van der Waals surface area contributed by atoms with Crippen molar-refractivity contribution >= 4 is 34.0 Å². The first-order valence-corrected chi connectivity index (χ1v) is 9.86. The van der Waals surface area contributed by atoms with Crippen LogP contribution in [0.3, 0.4) is 0 Å². The fourth-order valence-electron chi connectivity index (χ4n) is 2.77. The Morgan fingerprint density at radius 2 is 2.21 bits per heavy atom. The van der Waals surface area contributed by atoms with Gasteiger partial charge in [-0.15, -0.1) is 11.3 Å². The van der Waals surface area contributed by atoms with Crippen LogP contribution < -0.4 is 10.6 Å². The van der Waals surface area contributed by atoms with Gasteiger partial charge in [-0.1, -0.05) is 17.7 Å². The fourth-order valence-corrected chi connectivity index (χ4v) is 3.63. The summed E-state index contributed by atoms with van der Waals surface area (Å²) >= 11 is 7.64. The number of hydrogen-bond acceptors (Lipinski definition) is 6. The minimum atomic E-state index is -0.215. The predicted octanol–water partition coefficient (Wildman–Crippen LogP) is 3.70. The van der Waals surface area contributed by atoms with Crippen LogP contribution in [-0.2, 0) is 6.54 Å². The van der Waals surface area contributed by atoms with Gasteiger partial charge < -0.3 is 10.6 Å². The molecule has 1 amide bonds. The van der Waals surface area contributed by atoms with Crippen molar-refractivity contribution in [2.45, 2.75) is 26.4 Å². The lowest BCUT2D eigenvalue weighted by molar-refractivity contribution is 0.0932. The van der Waals surface area contributed by atoms with Gasteiger partial charge in [0.2, 0.25) is 0 Å². The van der Waals surface area contributed by atoms with E-state index in [2.05, 4.69) is 26.8 Å². The first-order chi connectivity index (χ1) is 13.4. The quantitative estimate of drug-likeness (QED) is 0.641. The maximum absolute atomic E-state index is 12.3. The second kappa shape index (κ2) is 8.42. The van der Waals surface area contributed by atoms with Crippen LogP contribution >= 0.6 is 22.9 Å². The molecule has 0 radical (unpaired) electrons. The Hall–Kier alpha value is -2.89. The maximum atomic E-state index is 12.3. The first-order valence-electron chi connectivity index (χ1n) is 8.60. The normalized spacial score (nSPS) is 11.7. The van der Waals surface area contributed by atoms with Crippen LogP contribution in [0.1, 0.15) is 28.5 Å². The zero-order valence-electron chi connectivity index (χ0n) is 15.7. The smallest absolute Gasteiger partial charge is 0.271 e. The molecule has 0 aliphatic heterocycles. The molecule has 2 N–H and O–H groups in total. The third-order valence-electron chi connectivity index (χ3n) is 4.21. The minimum absolute atomic E-state index is 0.134. The molecule has 0 unspecified atom stereocenters. The van der Waals surface area contributed by atoms with Crippen molar-refractivity contribution in [3.63, 3.8) is 0 Å². The number of halogens is 1. The summed E-state index contributed by atoms with van der Waals surface area (Å²) < 4.78 is 1.77. The Bertz CT molecular complexity index is 1050. The third-order valence-corrected chi connectivity index (χ3v) is 5.56. The maximum Gasteiger partial charge on any atom is 0.271 e. The van der Waals surface area contributed by atoms with Crippen LogP contribution in [0.5, 0.6) is 0 Å². The summed E-state index contributed by atoms with van der Waals surface area (Å²) in [5, 5.41) is 22.4. The number of nitrogens with zero attached hydrogens (tertiary/aromatic N) is 4. The van der Waals surface area contributed by atoms with Crippen LogP contribution in [-0.4, -0.2) is 33.8 Å². The molecule has 0 bridgehead atoms. The Kier molecular flexibility index (Phi) is 5.97. The van der Waals surface area contributed by atoms with E-state index in [4.69, 9.17) is 16.9 Å². The number of nitrogens with one attached hydrogen (secondary N) is 2. The van der Waals surface area contributed by atoms with E-state index in [1.54, 1.807) is 23.2 Å². The van der Waals surface area contributed by atoms with Gasteiger partial charge in [0, 0.05) is 30.2 Å². The highest BCUT2D eigenvalue weighted by molar-refractivity contribution is 7.13. The van der Waals surface area contributed by atoms with Crippen molar-refractivity contribution < 1.29 is 4.79 Å². The van der Waals surface area contributed by atoms with Crippen LogP contribution in [0, 0.1) is 18.3 Å². The van der Waals surface area contributed by atoms with Gasteiger partial charge >= 0.3 is 0 Å². The second-order valence-corrected chi connectivity index (χ2v) is 7.53. The van der Waals surface area contributed by atoms with Gasteiger partial charge in [-0.25, -0.2) is 4.98 Å². The highest BCUT2D eigenvalue weighted by Crippen LogP contribution is 2.29. The topological polar surface area (TPSA) is 95.6 Å². The zero-order valence-corrected chi connectivity index (χ0v) is 17.2. The largest absolute Gasteiger partial charge is 0.365 e. The van der Waals surface area contributed by atoms with Crippen molar-refractivity contribution in [3.05, 3.63) is 51.6 Å². The summed E-state index contributed by atoms with van der Waals surface area (Å²) in [6, 6.07) is 7.37. The Morgan fingerprint density at radius 3 is 2.89 bits per heavy atom. The lowest BCUT2D eigenvalue weighted by Crippen LogP contribution is -2.36. The molecule has 28 heavy (non-hydrogen) atoms. The van der Waals surface area contributed by atoms with E-state index in [9.17, 15) is 4.79 Å². The summed E-state index contributed by atoms with van der Waals surface area (Å²) in [4.78, 5) is 16.5. The Balaban J connectivity index is 1.68. The molecule has 0 saturated carbocycles. The molecule has 144 valence electrons. The number of amides is 1. The summed E-state index contributed by atoms with van der Waals surface area (Å²) in [6.45, 7) is 4.29. The number of carbonyl (C=O) groups excluding carboxylic acids is 1. The SMILES string of the molecule is CNc1nc(C(=O)N[C@@H](C)Cn2ccc(-c3ccc(C#N)c(Cl)c3C)n2)cs1.